The minimum atomic E-state index is -1.51. The quantitative estimate of drug-likeness (QED) is 0.274. The number of hydrogen-bond donors (Lipinski definition) is 2. The summed E-state index contributed by atoms with van der Waals surface area (Å²) in [5, 5.41) is 38.0. The molecule has 0 aliphatic carbocycles. The predicted octanol–water partition coefficient (Wildman–Crippen LogP) is -12.4. The van der Waals surface area contributed by atoms with Crippen LogP contribution >= 0.6 is 0 Å². The molecule has 0 unspecified atom stereocenters. The fourth-order valence-corrected chi connectivity index (χ4v) is 1.46. The molecule has 6 N–H and O–H groups in total. The van der Waals surface area contributed by atoms with Crippen LogP contribution in [0.2, 0.25) is 0 Å². The van der Waals surface area contributed by atoms with Crippen LogP contribution in [0.3, 0.4) is 0 Å². The SMILES string of the molecule is O.O.O=C([O-])CN(CCN(CC(=O)O)CC(=O)O)CC(=O)[O-].[Rb+].[Rb+]. The summed E-state index contributed by atoms with van der Waals surface area (Å²) < 4.78 is 0. The summed E-state index contributed by atoms with van der Waals surface area (Å²) >= 11 is 0. The van der Waals surface area contributed by atoms with Crippen LogP contribution in [0.1, 0.15) is 0 Å². The van der Waals surface area contributed by atoms with E-state index in [1.165, 1.54) is 0 Å². The van der Waals surface area contributed by atoms with Crippen LogP contribution in [0.15, 0.2) is 0 Å². The Morgan fingerprint density at radius 3 is 1.12 bits per heavy atom. The predicted molar refractivity (Wildman–Crippen MR) is 65.4 cm³/mol. The Morgan fingerprint density at radius 2 is 0.917 bits per heavy atom. The first-order valence-corrected chi connectivity index (χ1v) is 5.48. The number of hydrogen-bond acceptors (Lipinski definition) is 8. The molecule has 14 heteroatoms. The van der Waals surface area contributed by atoms with Crippen molar-refractivity contribution in [2.75, 3.05) is 39.3 Å². The first kappa shape index (κ1) is 36.3. The van der Waals surface area contributed by atoms with E-state index < -0.39 is 50.1 Å². The average Bonchev–Trinajstić information content (AvgIpc) is 2.22. The third-order valence-electron chi connectivity index (χ3n) is 2.16. The van der Waals surface area contributed by atoms with Gasteiger partial charge >= 0.3 is 128 Å². The van der Waals surface area contributed by atoms with Gasteiger partial charge in [0, 0.05) is 26.2 Å². The summed E-state index contributed by atoms with van der Waals surface area (Å²) in [6.07, 6.45) is 0. The van der Waals surface area contributed by atoms with Crippen molar-refractivity contribution < 1.29 is 167 Å². The van der Waals surface area contributed by atoms with Gasteiger partial charge in [0.05, 0.1) is 25.0 Å². The van der Waals surface area contributed by atoms with E-state index in [0.29, 0.717) is 0 Å². The number of carbonyl (C=O) groups excluding carboxylic acids is 2. The fraction of sp³-hybridized carbons (Fsp3) is 0.600. The smallest absolute Gasteiger partial charge is 0.549 e. The van der Waals surface area contributed by atoms with Crippen molar-refractivity contribution in [3.63, 3.8) is 0 Å². The maximum atomic E-state index is 10.5. The Hall–Kier alpha value is 1.33. The topological polar surface area (TPSA) is 224 Å². The first-order chi connectivity index (χ1) is 9.20. The molecule has 0 aromatic rings. The number of carboxylic acid groups (broad SMARTS) is 4. The summed E-state index contributed by atoms with van der Waals surface area (Å²) in [6, 6.07) is 0. The molecule has 0 aromatic heterocycles. The van der Waals surface area contributed by atoms with E-state index in [4.69, 9.17) is 10.2 Å². The van der Waals surface area contributed by atoms with Gasteiger partial charge in [-0.05, 0) is 0 Å². The second kappa shape index (κ2) is 20.6. The molecule has 0 aliphatic heterocycles. The van der Waals surface area contributed by atoms with Gasteiger partial charge in [-0.25, -0.2) is 0 Å². The number of carboxylic acids is 4. The van der Waals surface area contributed by atoms with Crippen LogP contribution in [0, 0.1) is 0 Å². The Balaban J connectivity index is -0.000000301. The molecule has 24 heavy (non-hydrogen) atoms. The van der Waals surface area contributed by atoms with E-state index in [9.17, 15) is 29.4 Å². The van der Waals surface area contributed by atoms with Gasteiger partial charge in [-0.2, -0.15) is 0 Å². The van der Waals surface area contributed by atoms with Crippen LogP contribution in [0.5, 0.6) is 0 Å². The maximum absolute atomic E-state index is 10.5. The Labute approximate surface area is 235 Å². The monoisotopic (exact) mass is 496 g/mol. The molecule has 12 nitrogen and oxygen atoms in total. The molecule has 0 aromatic carbocycles. The van der Waals surface area contributed by atoms with E-state index >= 15 is 0 Å². The van der Waals surface area contributed by atoms with E-state index in [1.54, 1.807) is 0 Å². The van der Waals surface area contributed by atoms with Crippen molar-refractivity contribution in [3.05, 3.63) is 0 Å². The van der Waals surface area contributed by atoms with Crippen molar-refractivity contribution in [2.24, 2.45) is 0 Å². The average molecular weight is 497 g/mol. The van der Waals surface area contributed by atoms with Gasteiger partial charge in [0.1, 0.15) is 0 Å². The van der Waals surface area contributed by atoms with Gasteiger partial charge in [-0.15, -0.1) is 0 Å². The molecule has 0 heterocycles. The van der Waals surface area contributed by atoms with Crippen LogP contribution < -0.4 is 127 Å². The summed E-state index contributed by atoms with van der Waals surface area (Å²) in [7, 11) is 0. The number of nitrogens with zero attached hydrogens (tertiary/aromatic N) is 2. The second-order valence-electron chi connectivity index (χ2n) is 3.95. The zero-order valence-corrected chi connectivity index (χ0v) is 23.3. The molecule has 0 spiro atoms. The van der Waals surface area contributed by atoms with Gasteiger partial charge in [0.2, 0.25) is 0 Å². The fourth-order valence-electron chi connectivity index (χ4n) is 1.46. The molecule has 130 valence electrons. The van der Waals surface area contributed by atoms with Crippen molar-refractivity contribution in [1.29, 1.82) is 0 Å². The molecule has 0 saturated carbocycles. The number of rotatable bonds is 11. The first-order valence-electron chi connectivity index (χ1n) is 5.48. The zero-order chi connectivity index (χ0) is 15.7. The molecule has 0 radical (unpaired) electrons. The second-order valence-corrected chi connectivity index (χ2v) is 3.95. The standard InChI is InChI=1S/C10H16N2O8.2H2O.2Rb/c13-7(14)3-11(4-8(15)16)1-2-12(5-9(17)18)6-10(19)20;;;;/h1-6H2,(H,13,14)(H,15,16)(H,17,18)(H,19,20);2*1H2;;/q;;;2*+1/p-2. The Bertz CT molecular complexity index is 328. The zero-order valence-electron chi connectivity index (χ0n) is 13.5. The van der Waals surface area contributed by atoms with Gasteiger partial charge in [0.15, 0.2) is 0 Å². The molecule has 0 atom stereocenters. The number of carbonyl (C=O) groups is 4. The third-order valence-corrected chi connectivity index (χ3v) is 2.16. The summed E-state index contributed by atoms with van der Waals surface area (Å²) in [4.78, 5) is 43.9. The van der Waals surface area contributed by atoms with E-state index in [-0.39, 0.29) is 140 Å². The summed E-state index contributed by atoms with van der Waals surface area (Å²) in [5.74, 6) is -5.52. The van der Waals surface area contributed by atoms with Gasteiger partial charge < -0.3 is 41.0 Å². The molecular weight excluding hydrogens is 479 g/mol. The van der Waals surface area contributed by atoms with Crippen molar-refractivity contribution >= 4 is 23.9 Å². The molecular formula is C10H18N2O10Rb2. The largest absolute Gasteiger partial charge is 1.00 e. The Morgan fingerprint density at radius 1 is 0.667 bits per heavy atom. The van der Waals surface area contributed by atoms with Crippen LogP contribution in [0.25, 0.3) is 0 Å². The molecule has 0 saturated heterocycles. The van der Waals surface area contributed by atoms with E-state index in [0.717, 1.165) is 9.80 Å². The molecule has 0 bridgehead atoms. The molecule has 0 rings (SSSR count). The van der Waals surface area contributed by atoms with E-state index in [1.807, 2.05) is 0 Å². The maximum Gasteiger partial charge on any atom is 1.00 e. The van der Waals surface area contributed by atoms with E-state index in [2.05, 4.69) is 0 Å². The van der Waals surface area contributed by atoms with Crippen LogP contribution in [0.4, 0.5) is 0 Å². The number of aliphatic carboxylic acids is 4. The van der Waals surface area contributed by atoms with Gasteiger partial charge in [-0.3, -0.25) is 19.4 Å². The van der Waals surface area contributed by atoms with Gasteiger partial charge in [0.25, 0.3) is 0 Å². The molecule has 0 aliphatic rings. The van der Waals surface area contributed by atoms with Crippen LogP contribution in [-0.2, 0) is 19.2 Å². The molecule has 0 fully saturated rings. The van der Waals surface area contributed by atoms with Crippen molar-refractivity contribution in [2.45, 2.75) is 0 Å². The normalized spacial score (nSPS) is 8.92. The Kier molecular flexibility index (Phi) is 31.2. The van der Waals surface area contributed by atoms with Crippen LogP contribution in [-0.4, -0.2) is 94.1 Å². The summed E-state index contributed by atoms with van der Waals surface area (Å²) in [5.41, 5.74) is 0. The summed E-state index contributed by atoms with van der Waals surface area (Å²) in [6.45, 7) is -2.75. The minimum Gasteiger partial charge on any atom is -0.549 e. The third kappa shape index (κ3) is 23.3. The van der Waals surface area contributed by atoms with Crippen molar-refractivity contribution in [1.82, 2.24) is 9.80 Å². The van der Waals surface area contributed by atoms with Gasteiger partial charge in [-0.1, -0.05) is 0 Å². The minimum absolute atomic E-state index is 0. The van der Waals surface area contributed by atoms with Crippen molar-refractivity contribution in [3.8, 4) is 0 Å². The molecule has 0 amide bonds.